The molecule has 8 heteroatoms. The van der Waals surface area contributed by atoms with Crippen LogP contribution in [0.3, 0.4) is 0 Å². The second-order valence-electron chi connectivity index (χ2n) is 8.55. The molecule has 1 N–H and O–H groups in total. The Morgan fingerprint density at radius 1 is 1.16 bits per heavy atom. The fourth-order valence-corrected chi connectivity index (χ4v) is 5.10. The van der Waals surface area contributed by atoms with Crippen LogP contribution >= 0.6 is 0 Å². The predicted molar refractivity (Wildman–Crippen MR) is 118 cm³/mol. The van der Waals surface area contributed by atoms with E-state index in [2.05, 4.69) is 15.3 Å². The molecule has 31 heavy (non-hydrogen) atoms. The Morgan fingerprint density at radius 2 is 2.03 bits per heavy atom. The van der Waals surface area contributed by atoms with Gasteiger partial charge in [-0.25, -0.2) is 4.98 Å². The molecule has 1 fully saturated rings. The van der Waals surface area contributed by atoms with Crippen molar-refractivity contribution in [2.45, 2.75) is 19.3 Å². The van der Waals surface area contributed by atoms with Crippen LogP contribution in [0, 0.1) is 5.92 Å². The zero-order valence-electron chi connectivity index (χ0n) is 17.7. The Morgan fingerprint density at radius 3 is 2.90 bits per heavy atom. The third kappa shape index (κ3) is 2.96. The molecule has 5 heterocycles. The van der Waals surface area contributed by atoms with Gasteiger partial charge in [-0.2, -0.15) is 9.61 Å². The zero-order chi connectivity index (χ0) is 20.9. The molecule has 3 aliphatic heterocycles. The van der Waals surface area contributed by atoms with Crippen molar-refractivity contribution in [2.24, 2.45) is 5.92 Å². The van der Waals surface area contributed by atoms with Crippen molar-refractivity contribution in [1.82, 2.24) is 19.9 Å². The molecule has 1 amide bonds. The van der Waals surface area contributed by atoms with Crippen molar-refractivity contribution < 1.29 is 9.53 Å². The van der Waals surface area contributed by atoms with Gasteiger partial charge in [0.2, 0.25) is 5.91 Å². The van der Waals surface area contributed by atoms with Crippen molar-refractivity contribution in [3.8, 4) is 5.75 Å². The lowest BCUT2D eigenvalue weighted by molar-refractivity contribution is -0.123. The summed E-state index contributed by atoms with van der Waals surface area (Å²) >= 11 is 0. The van der Waals surface area contributed by atoms with Crippen LogP contribution in [0.4, 0.5) is 11.5 Å². The first-order valence-corrected chi connectivity index (χ1v) is 11.0. The van der Waals surface area contributed by atoms with Crippen molar-refractivity contribution in [1.29, 1.82) is 0 Å². The highest BCUT2D eigenvalue weighted by atomic mass is 16.5. The molecule has 0 bridgehead atoms. The molecule has 160 valence electrons. The molecule has 0 saturated carbocycles. The lowest BCUT2D eigenvalue weighted by Gasteiger charge is -2.42. The standard InChI is InChI=1S/C23H26N6O2/c1-31-17-2-3-20-15(12-17)7-11-28(20)23(30)16-13-27(14-16)22-18-4-8-24-9-5-19(18)26-21-6-10-25-29(21)22/h2-3,6,10,12,16,24H,4-5,7-9,11,13-14H2,1H3. The average Bonchev–Trinajstić information content (AvgIpc) is 3.32. The van der Waals surface area contributed by atoms with Crippen LogP contribution in [0.1, 0.15) is 16.8 Å². The first-order chi connectivity index (χ1) is 15.2. The van der Waals surface area contributed by atoms with E-state index in [9.17, 15) is 4.79 Å². The third-order valence-electron chi connectivity index (χ3n) is 6.76. The number of rotatable bonds is 3. The highest BCUT2D eigenvalue weighted by Crippen LogP contribution is 2.36. The third-order valence-corrected chi connectivity index (χ3v) is 6.76. The Balaban J connectivity index is 1.25. The summed E-state index contributed by atoms with van der Waals surface area (Å²) in [7, 11) is 1.68. The summed E-state index contributed by atoms with van der Waals surface area (Å²) in [5, 5.41) is 8.01. The van der Waals surface area contributed by atoms with Crippen molar-refractivity contribution in [2.75, 3.05) is 49.6 Å². The molecule has 3 aliphatic rings. The van der Waals surface area contributed by atoms with Gasteiger partial charge in [-0.3, -0.25) is 4.79 Å². The number of fused-ring (bicyclic) bond motifs is 3. The minimum absolute atomic E-state index is 0.00591. The second-order valence-corrected chi connectivity index (χ2v) is 8.55. The topological polar surface area (TPSA) is 75.0 Å². The number of benzene rings is 1. The molecule has 8 nitrogen and oxygen atoms in total. The van der Waals surface area contributed by atoms with E-state index in [1.807, 2.05) is 33.7 Å². The van der Waals surface area contributed by atoms with Crippen molar-refractivity contribution in [3.63, 3.8) is 0 Å². The monoisotopic (exact) mass is 418 g/mol. The molecule has 6 rings (SSSR count). The molecular formula is C23H26N6O2. The molecule has 0 radical (unpaired) electrons. The number of ether oxygens (including phenoxy) is 1. The van der Waals surface area contributed by atoms with Gasteiger partial charge in [0.25, 0.3) is 0 Å². The van der Waals surface area contributed by atoms with Gasteiger partial charge in [0.15, 0.2) is 5.65 Å². The number of aromatic nitrogens is 3. The van der Waals surface area contributed by atoms with Crippen molar-refractivity contribution in [3.05, 3.63) is 47.3 Å². The molecule has 0 spiro atoms. The van der Waals surface area contributed by atoms with E-state index < -0.39 is 0 Å². The number of nitrogens with one attached hydrogen (secondary N) is 1. The highest BCUT2D eigenvalue weighted by molar-refractivity contribution is 5.98. The number of anilines is 2. The normalized spacial score (nSPS) is 18.5. The highest BCUT2D eigenvalue weighted by Gasteiger charge is 2.40. The fraction of sp³-hybridized carbons (Fsp3) is 0.435. The summed E-state index contributed by atoms with van der Waals surface area (Å²) in [5.41, 5.74) is 5.53. The molecule has 3 aromatic rings. The maximum absolute atomic E-state index is 13.3. The summed E-state index contributed by atoms with van der Waals surface area (Å²) in [6, 6.07) is 7.95. The van der Waals surface area contributed by atoms with E-state index >= 15 is 0 Å². The molecule has 0 unspecified atom stereocenters. The average molecular weight is 419 g/mol. The van der Waals surface area contributed by atoms with E-state index in [4.69, 9.17) is 9.72 Å². The smallest absolute Gasteiger partial charge is 0.233 e. The van der Waals surface area contributed by atoms with E-state index in [1.165, 1.54) is 11.1 Å². The van der Waals surface area contributed by atoms with Gasteiger partial charge in [0.1, 0.15) is 11.6 Å². The van der Waals surface area contributed by atoms with Gasteiger partial charge >= 0.3 is 0 Å². The van der Waals surface area contributed by atoms with Gasteiger partial charge < -0.3 is 19.9 Å². The molecule has 0 aliphatic carbocycles. The quantitative estimate of drug-likeness (QED) is 0.694. The summed E-state index contributed by atoms with van der Waals surface area (Å²) in [4.78, 5) is 22.4. The number of methoxy groups -OCH3 is 1. The van der Waals surface area contributed by atoms with E-state index in [-0.39, 0.29) is 11.8 Å². The maximum atomic E-state index is 13.3. The molecule has 1 saturated heterocycles. The number of nitrogens with zero attached hydrogens (tertiary/aromatic N) is 5. The van der Waals surface area contributed by atoms with Crippen molar-refractivity contribution >= 4 is 23.1 Å². The first kappa shape index (κ1) is 18.6. The SMILES string of the molecule is COc1ccc2c(c1)CCN2C(=O)C1CN(c2c3c(nc4ccnn24)CCNCC3)C1. The number of hydrogen-bond acceptors (Lipinski definition) is 6. The van der Waals surface area contributed by atoms with Gasteiger partial charge in [-0.05, 0) is 43.1 Å². The summed E-state index contributed by atoms with van der Waals surface area (Å²) in [5.74, 6) is 2.19. The minimum Gasteiger partial charge on any atom is -0.497 e. The Kier molecular flexibility index (Phi) is 4.34. The van der Waals surface area contributed by atoms with Crippen LogP contribution < -0.4 is 19.9 Å². The van der Waals surface area contributed by atoms with Gasteiger partial charge in [-0.15, -0.1) is 0 Å². The Bertz CT molecular complexity index is 1170. The molecular weight excluding hydrogens is 392 g/mol. The number of carbonyl (C=O) groups excluding carboxylic acids is 1. The first-order valence-electron chi connectivity index (χ1n) is 11.0. The summed E-state index contributed by atoms with van der Waals surface area (Å²) in [6.45, 7) is 4.08. The van der Waals surface area contributed by atoms with Crippen LogP contribution in [0.2, 0.25) is 0 Å². The second kappa shape index (κ2) is 7.23. The molecule has 0 atom stereocenters. The fourth-order valence-electron chi connectivity index (χ4n) is 5.10. The van der Waals surface area contributed by atoms with Gasteiger partial charge in [0, 0.05) is 49.9 Å². The van der Waals surface area contributed by atoms with Gasteiger partial charge in [-0.1, -0.05) is 0 Å². The predicted octanol–water partition coefficient (Wildman–Crippen LogP) is 1.45. The van der Waals surface area contributed by atoms with E-state index in [0.29, 0.717) is 0 Å². The van der Waals surface area contributed by atoms with Crippen LogP contribution in [0.15, 0.2) is 30.5 Å². The van der Waals surface area contributed by atoms with Crippen LogP contribution in [0.5, 0.6) is 5.75 Å². The van der Waals surface area contributed by atoms with Crippen LogP contribution in [-0.2, 0) is 24.1 Å². The maximum Gasteiger partial charge on any atom is 0.233 e. The van der Waals surface area contributed by atoms with E-state index in [0.717, 1.165) is 80.6 Å². The minimum atomic E-state index is 0.00591. The summed E-state index contributed by atoms with van der Waals surface area (Å²) in [6.07, 6.45) is 4.55. The molecule has 1 aromatic carbocycles. The zero-order valence-corrected chi connectivity index (χ0v) is 17.7. The number of carbonyl (C=O) groups is 1. The largest absolute Gasteiger partial charge is 0.497 e. The lowest BCUT2D eigenvalue weighted by atomic mass is 9.96. The summed E-state index contributed by atoms with van der Waals surface area (Å²) < 4.78 is 7.28. The van der Waals surface area contributed by atoms with E-state index in [1.54, 1.807) is 13.3 Å². The molecule has 2 aromatic heterocycles. The number of amides is 1. The van der Waals surface area contributed by atoms with Crippen LogP contribution in [0.25, 0.3) is 5.65 Å². The Labute approximate surface area is 180 Å². The lowest BCUT2D eigenvalue weighted by Crippen LogP contribution is -2.55. The van der Waals surface area contributed by atoms with Gasteiger partial charge in [0.05, 0.1) is 24.9 Å². The number of hydrogen-bond donors (Lipinski definition) is 1. The van der Waals surface area contributed by atoms with Crippen LogP contribution in [-0.4, -0.2) is 60.3 Å². The Hall–Kier alpha value is -3.13.